The second-order valence-electron chi connectivity index (χ2n) is 7.12. The average molecular weight is 283 g/mol. The Morgan fingerprint density at radius 2 is 1.74 bits per heavy atom. The Morgan fingerprint density at radius 3 is 2.11 bits per heavy atom. The highest BCUT2D eigenvalue weighted by Crippen LogP contribution is 2.32. The molecule has 0 amide bonds. The molecule has 0 radical (unpaired) electrons. The molecule has 110 valence electrons. The van der Waals surface area contributed by atoms with Crippen LogP contribution in [0.1, 0.15) is 59.5 Å². The van der Waals surface area contributed by atoms with Crippen LogP contribution < -0.4 is 5.73 Å². The van der Waals surface area contributed by atoms with E-state index in [1.807, 2.05) is 11.8 Å². The molecule has 0 aliphatic carbocycles. The number of aryl methyl sites for hydroxylation is 1. The summed E-state index contributed by atoms with van der Waals surface area (Å²) in [6.45, 7) is 13.2. The molecule has 1 rings (SSSR count). The maximum atomic E-state index is 6.36. The van der Waals surface area contributed by atoms with Gasteiger partial charge in [0.1, 0.15) is 11.6 Å². The quantitative estimate of drug-likeness (QED) is 0.854. The number of rotatable bonds is 4. The molecule has 2 N–H and O–H groups in total. The molecule has 0 bridgehead atoms. The van der Waals surface area contributed by atoms with Crippen LogP contribution in [-0.4, -0.2) is 21.6 Å². The number of nitrogens with two attached hydrogens (primary N) is 1. The lowest BCUT2D eigenvalue weighted by Gasteiger charge is -2.29. The summed E-state index contributed by atoms with van der Waals surface area (Å²) in [5, 5.41) is 0. The monoisotopic (exact) mass is 283 g/mol. The standard InChI is InChI=1S/C15H29N3S/c1-14(2,3)13-17-11(9-8-10-19-7)12(16)18(13)15(4,5)6/h8-10,16H2,1-7H3. The maximum absolute atomic E-state index is 6.36. The topological polar surface area (TPSA) is 43.8 Å². The molecule has 0 atom stereocenters. The number of hydrogen-bond acceptors (Lipinski definition) is 3. The van der Waals surface area contributed by atoms with E-state index < -0.39 is 0 Å². The summed E-state index contributed by atoms with van der Waals surface area (Å²) in [5.41, 5.74) is 7.41. The Labute approximate surface area is 122 Å². The molecule has 19 heavy (non-hydrogen) atoms. The normalized spacial score (nSPS) is 13.0. The van der Waals surface area contributed by atoms with E-state index in [2.05, 4.69) is 52.4 Å². The SMILES string of the molecule is CSCCCc1nc(C(C)(C)C)n(C(C)(C)C)c1N. The Kier molecular flexibility index (Phi) is 4.99. The van der Waals surface area contributed by atoms with Crippen LogP contribution in [0.3, 0.4) is 0 Å². The van der Waals surface area contributed by atoms with Crippen LogP contribution in [0, 0.1) is 0 Å². The Bertz CT molecular complexity index is 422. The molecule has 0 saturated carbocycles. The zero-order chi connectivity index (χ0) is 14.8. The van der Waals surface area contributed by atoms with Crippen molar-refractivity contribution in [1.29, 1.82) is 0 Å². The first-order valence-electron chi connectivity index (χ1n) is 6.96. The van der Waals surface area contributed by atoms with E-state index in [-0.39, 0.29) is 11.0 Å². The van der Waals surface area contributed by atoms with Gasteiger partial charge in [0.05, 0.1) is 5.69 Å². The fourth-order valence-electron chi connectivity index (χ4n) is 2.23. The lowest BCUT2D eigenvalue weighted by atomic mass is 9.94. The highest BCUT2D eigenvalue weighted by molar-refractivity contribution is 7.98. The van der Waals surface area contributed by atoms with Crippen LogP contribution in [-0.2, 0) is 17.4 Å². The van der Waals surface area contributed by atoms with E-state index >= 15 is 0 Å². The zero-order valence-electron chi connectivity index (χ0n) is 13.5. The summed E-state index contributed by atoms with van der Waals surface area (Å²) in [6.07, 6.45) is 4.24. The Hall–Kier alpha value is -0.640. The van der Waals surface area contributed by atoms with Crippen molar-refractivity contribution in [2.24, 2.45) is 0 Å². The highest BCUT2D eigenvalue weighted by atomic mass is 32.2. The molecule has 0 unspecified atom stereocenters. The van der Waals surface area contributed by atoms with Gasteiger partial charge in [0, 0.05) is 11.0 Å². The molecule has 0 spiro atoms. The van der Waals surface area contributed by atoms with Crippen molar-refractivity contribution in [3.05, 3.63) is 11.5 Å². The minimum absolute atomic E-state index is 0.0131. The molecule has 1 heterocycles. The number of imidazole rings is 1. The number of thioether (sulfide) groups is 1. The van der Waals surface area contributed by atoms with E-state index in [0.717, 1.165) is 35.9 Å². The van der Waals surface area contributed by atoms with E-state index in [0.29, 0.717) is 0 Å². The Balaban J connectivity index is 3.20. The third kappa shape index (κ3) is 3.91. The van der Waals surface area contributed by atoms with Crippen LogP contribution in [0.2, 0.25) is 0 Å². The summed E-state index contributed by atoms with van der Waals surface area (Å²) in [4.78, 5) is 4.85. The fourth-order valence-corrected chi connectivity index (χ4v) is 2.66. The van der Waals surface area contributed by atoms with Crippen molar-refractivity contribution >= 4 is 17.6 Å². The van der Waals surface area contributed by atoms with Crippen LogP contribution in [0.25, 0.3) is 0 Å². The van der Waals surface area contributed by atoms with E-state index in [1.165, 1.54) is 0 Å². The third-order valence-electron chi connectivity index (χ3n) is 3.09. The molecule has 4 heteroatoms. The van der Waals surface area contributed by atoms with Crippen LogP contribution >= 0.6 is 11.8 Å². The van der Waals surface area contributed by atoms with Gasteiger partial charge in [-0.2, -0.15) is 11.8 Å². The van der Waals surface area contributed by atoms with E-state index in [9.17, 15) is 0 Å². The Morgan fingerprint density at radius 1 is 1.16 bits per heavy atom. The fraction of sp³-hybridized carbons (Fsp3) is 0.800. The second kappa shape index (κ2) is 5.78. The van der Waals surface area contributed by atoms with Crippen molar-refractivity contribution in [3.63, 3.8) is 0 Å². The minimum Gasteiger partial charge on any atom is -0.384 e. The summed E-state index contributed by atoms with van der Waals surface area (Å²) >= 11 is 1.87. The third-order valence-corrected chi connectivity index (χ3v) is 3.79. The molecule has 1 aromatic heterocycles. The lowest BCUT2D eigenvalue weighted by Crippen LogP contribution is -2.30. The second-order valence-corrected chi connectivity index (χ2v) is 8.11. The van der Waals surface area contributed by atoms with Crippen molar-refractivity contribution in [1.82, 2.24) is 9.55 Å². The molecule has 0 aliphatic rings. The van der Waals surface area contributed by atoms with Crippen LogP contribution in [0.4, 0.5) is 5.82 Å². The molecular formula is C15H29N3S. The number of nitrogen functional groups attached to an aromatic ring is 1. The number of nitrogens with zero attached hydrogens (tertiary/aromatic N) is 2. The zero-order valence-corrected chi connectivity index (χ0v) is 14.3. The largest absolute Gasteiger partial charge is 0.384 e. The summed E-state index contributed by atoms with van der Waals surface area (Å²) in [6, 6.07) is 0. The maximum Gasteiger partial charge on any atom is 0.127 e. The van der Waals surface area contributed by atoms with Crippen molar-refractivity contribution in [3.8, 4) is 0 Å². The van der Waals surface area contributed by atoms with Gasteiger partial charge in [-0.1, -0.05) is 20.8 Å². The van der Waals surface area contributed by atoms with Crippen molar-refractivity contribution in [2.45, 2.75) is 65.3 Å². The van der Waals surface area contributed by atoms with Gasteiger partial charge in [-0.25, -0.2) is 4.98 Å². The summed E-state index contributed by atoms with van der Waals surface area (Å²) < 4.78 is 2.21. The van der Waals surface area contributed by atoms with Gasteiger partial charge < -0.3 is 10.3 Å². The predicted octanol–water partition coefficient (Wildman–Crippen LogP) is 3.81. The molecule has 3 nitrogen and oxygen atoms in total. The summed E-state index contributed by atoms with van der Waals surface area (Å²) in [5.74, 6) is 3.10. The molecule has 1 aromatic rings. The smallest absolute Gasteiger partial charge is 0.127 e. The number of hydrogen-bond donors (Lipinski definition) is 1. The first-order chi connectivity index (χ1) is 8.59. The van der Waals surface area contributed by atoms with E-state index in [4.69, 9.17) is 10.7 Å². The number of anilines is 1. The number of aromatic nitrogens is 2. The van der Waals surface area contributed by atoms with Gasteiger partial charge in [0.25, 0.3) is 0 Å². The predicted molar refractivity (Wildman–Crippen MR) is 87.0 cm³/mol. The van der Waals surface area contributed by atoms with Crippen LogP contribution in [0.5, 0.6) is 0 Å². The highest BCUT2D eigenvalue weighted by Gasteiger charge is 2.30. The van der Waals surface area contributed by atoms with Crippen LogP contribution in [0.15, 0.2) is 0 Å². The lowest BCUT2D eigenvalue weighted by molar-refractivity contribution is 0.359. The van der Waals surface area contributed by atoms with Gasteiger partial charge in [-0.3, -0.25) is 0 Å². The minimum atomic E-state index is -0.0303. The van der Waals surface area contributed by atoms with Gasteiger partial charge in [0.15, 0.2) is 0 Å². The molecular weight excluding hydrogens is 254 g/mol. The summed E-state index contributed by atoms with van der Waals surface area (Å²) in [7, 11) is 0. The van der Waals surface area contributed by atoms with Crippen molar-refractivity contribution in [2.75, 3.05) is 17.7 Å². The molecule has 0 aromatic carbocycles. The van der Waals surface area contributed by atoms with Crippen molar-refractivity contribution < 1.29 is 0 Å². The van der Waals surface area contributed by atoms with Gasteiger partial charge >= 0.3 is 0 Å². The van der Waals surface area contributed by atoms with Gasteiger partial charge in [-0.15, -0.1) is 0 Å². The first-order valence-corrected chi connectivity index (χ1v) is 8.35. The molecule has 0 fully saturated rings. The average Bonchev–Trinajstić information content (AvgIpc) is 2.55. The molecule has 0 saturated heterocycles. The van der Waals surface area contributed by atoms with E-state index in [1.54, 1.807) is 0 Å². The van der Waals surface area contributed by atoms with Gasteiger partial charge in [-0.05, 0) is 45.6 Å². The first kappa shape index (κ1) is 16.4. The van der Waals surface area contributed by atoms with Gasteiger partial charge in [0.2, 0.25) is 0 Å². The molecule has 0 aliphatic heterocycles.